The molecule has 3 heteroatoms. The van der Waals surface area contributed by atoms with Crippen molar-refractivity contribution in [2.24, 2.45) is 5.92 Å². The van der Waals surface area contributed by atoms with Gasteiger partial charge < -0.3 is 10.3 Å². The highest BCUT2D eigenvalue weighted by atomic mass is 16.1. The van der Waals surface area contributed by atoms with Gasteiger partial charge in [-0.15, -0.1) is 0 Å². The number of benzene rings is 1. The van der Waals surface area contributed by atoms with Gasteiger partial charge in [-0.05, 0) is 43.4 Å². The van der Waals surface area contributed by atoms with Crippen molar-refractivity contribution < 1.29 is 4.79 Å². The molecule has 1 aliphatic rings. The van der Waals surface area contributed by atoms with Crippen molar-refractivity contribution in [1.82, 2.24) is 10.3 Å². The quantitative estimate of drug-likeness (QED) is 0.835. The average molecular weight is 242 g/mol. The van der Waals surface area contributed by atoms with Crippen molar-refractivity contribution in [2.45, 2.75) is 32.2 Å². The van der Waals surface area contributed by atoms with Crippen LogP contribution in [-0.2, 0) is 0 Å². The largest absolute Gasteiger partial charge is 0.361 e. The van der Waals surface area contributed by atoms with Crippen molar-refractivity contribution in [1.29, 1.82) is 0 Å². The SMILES string of the molecule is CC1CCC(NC(=O)c2cccc3[nH]ccc23)C1. The van der Waals surface area contributed by atoms with Crippen LogP contribution >= 0.6 is 0 Å². The molecule has 1 fully saturated rings. The summed E-state index contributed by atoms with van der Waals surface area (Å²) in [7, 11) is 0. The molecule has 0 aliphatic heterocycles. The first-order valence-corrected chi connectivity index (χ1v) is 6.61. The van der Waals surface area contributed by atoms with Crippen LogP contribution in [0.5, 0.6) is 0 Å². The summed E-state index contributed by atoms with van der Waals surface area (Å²) in [5.41, 5.74) is 1.79. The molecule has 3 nitrogen and oxygen atoms in total. The van der Waals surface area contributed by atoms with Crippen molar-refractivity contribution >= 4 is 16.8 Å². The molecule has 2 unspecified atom stereocenters. The molecule has 1 heterocycles. The maximum Gasteiger partial charge on any atom is 0.252 e. The van der Waals surface area contributed by atoms with Gasteiger partial charge in [-0.2, -0.15) is 0 Å². The van der Waals surface area contributed by atoms with Crippen LogP contribution in [-0.4, -0.2) is 16.9 Å². The summed E-state index contributed by atoms with van der Waals surface area (Å²) in [6.45, 7) is 2.25. The van der Waals surface area contributed by atoms with Crippen molar-refractivity contribution in [3.8, 4) is 0 Å². The third-order valence-corrected chi connectivity index (χ3v) is 3.87. The van der Waals surface area contributed by atoms with Gasteiger partial charge in [-0.3, -0.25) is 4.79 Å². The Balaban J connectivity index is 1.81. The van der Waals surface area contributed by atoms with Gasteiger partial charge in [-0.1, -0.05) is 13.0 Å². The topological polar surface area (TPSA) is 44.9 Å². The van der Waals surface area contributed by atoms with Crippen molar-refractivity contribution in [2.75, 3.05) is 0 Å². The van der Waals surface area contributed by atoms with Gasteiger partial charge in [0.25, 0.3) is 5.91 Å². The highest BCUT2D eigenvalue weighted by Crippen LogP contribution is 2.25. The van der Waals surface area contributed by atoms with E-state index in [9.17, 15) is 4.79 Å². The minimum absolute atomic E-state index is 0.0549. The van der Waals surface area contributed by atoms with Gasteiger partial charge >= 0.3 is 0 Å². The monoisotopic (exact) mass is 242 g/mol. The summed E-state index contributed by atoms with van der Waals surface area (Å²) < 4.78 is 0. The van der Waals surface area contributed by atoms with Crippen LogP contribution in [0.3, 0.4) is 0 Å². The molecule has 0 saturated heterocycles. The molecule has 1 aromatic heterocycles. The van der Waals surface area contributed by atoms with Crippen LogP contribution in [0.25, 0.3) is 10.9 Å². The maximum absolute atomic E-state index is 12.3. The number of fused-ring (bicyclic) bond motifs is 1. The smallest absolute Gasteiger partial charge is 0.252 e. The van der Waals surface area contributed by atoms with E-state index in [-0.39, 0.29) is 5.91 Å². The van der Waals surface area contributed by atoms with Gasteiger partial charge in [0.05, 0.1) is 0 Å². The van der Waals surface area contributed by atoms with Crippen LogP contribution in [0, 0.1) is 5.92 Å². The number of nitrogens with one attached hydrogen (secondary N) is 2. The molecule has 1 aromatic carbocycles. The van der Waals surface area contributed by atoms with E-state index in [0.717, 1.165) is 35.2 Å². The van der Waals surface area contributed by atoms with Crippen LogP contribution in [0.1, 0.15) is 36.5 Å². The second-order valence-electron chi connectivity index (χ2n) is 5.33. The second-order valence-corrected chi connectivity index (χ2v) is 5.33. The van der Waals surface area contributed by atoms with E-state index in [4.69, 9.17) is 0 Å². The summed E-state index contributed by atoms with van der Waals surface area (Å²) in [4.78, 5) is 15.4. The molecule has 2 N–H and O–H groups in total. The zero-order chi connectivity index (χ0) is 12.5. The number of aromatic amines is 1. The van der Waals surface area contributed by atoms with Crippen molar-refractivity contribution in [3.63, 3.8) is 0 Å². The number of hydrogen-bond donors (Lipinski definition) is 2. The van der Waals surface area contributed by atoms with E-state index in [1.807, 2.05) is 30.5 Å². The first kappa shape index (κ1) is 11.3. The standard InChI is InChI=1S/C15H18N2O/c1-10-5-6-11(9-10)17-15(18)13-3-2-4-14-12(13)7-8-16-14/h2-4,7-8,10-11,16H,5-6,9H2,1H3,(H,17,18). The molecule has 1 aliphatic carbocycles. The highest BCUT2D eigenvalue weighted by molar-refractivity contribution is 6.06. The van der Waals surface area contributed by atoms with Crippen LogP contribution in [0.15, 0.2) is 30.5 Å². The molecule has 2 atom stereocenters. The third kappa shape index (κ3) is 2.01. The Kier molecular flexibility index (Phi) is 2.82. The predicted molar refractivity (Wildman–Crippen MR) is 72.6 cm³/mol. The van der Waals surface area contributed by atoms with Gasteiger partial charge in [-0.25, -0.2) is 0 Å². The lowest BCUT2D eigenvalue weighted by Crippen LogP contribution is -2.32. The van der Waals surface area contributed by atoms with E-state index in [1.165, 1.54) is 6.42 Å². The lowest BCUT2D eigenvalue weighted by atomic mass is 10.1. The average Bonchev–Trinajstić information content (AvgIpc) is 2.97. The zero-order valence-corrected chi connectivity index (χ0v) is 10.6. The Morgan fingerprint density at radius 3 is 3.00 bits per heavy atom. The van der Waals surface area contributed by atoms with E-state index in [0.29, 0.717) is 6.04 Å². The first-order valence-electron chi connectivity index (χ1n) is 6.61. The fourth-order valence-electron chi connectivity index (χ4n) is 2.88. The first-order chi connectivity index (χ1) is 8.74. The van der Waals surface area contributed by atoms with Crippen LogP contribution < -0.4 is 5.32 Å². The Hall–Kier alpha value is -1.77. The lowest BCUT2D eigenvalue weighted by Gasteiger charge is -2.13. The number of carbonyl (C=O) groups is 1. The minimum Gasteiger partial charge on any atom is -0.361 e. The van der Waals surface area contributed by atoms with Gasteiger partial charge in [0.15, 0.2) is 0 Å². The summed E-state index contributed by atoms with van der Waals surface area (Å²) in [6.07, 6.45) is 5.31. The normalized spacial score (nSPS) is 23.4. The summed E-state index contributed by atoms with van der Waals surface area (Å²) >= 11 is 0. The van der Waals surface area contributed by atoms with Gasteiger partial charge in [0.2, 0.25) is 0 Å². The Labute approximate surface area is 107 Å². The summed E-state index contributed by atoms with van der Waals surface area (Å²) in [6, 6.07) is 8.11. The van der Waals surface area contributed by atoms with Crippen molar-refractivity contribution in [3.05, 3.63) is 36.0 Å². The number of amides is 1. The zero-order valence-electron chi connectivity index (χ0n) is 10.6. The van der Waals surface area contributed by atoms with E-state index in [1.54, 1.807) is 0 Å². The molecule has 1 amide bonds. The third-order valence-electron chi connectivity index (χ3n) is 3.87. The highest BCUT2D eigenvalue weighted by Gasteiger charge is 2.23. The number of aromatic nitrogens is 1. The molecule has 18 heavy (non-hydrogen) atoms. The number of rotatable bonds is 2. The van der Waals surface area contributed by atoms with E-state index >= 15 is 0 Å². The molecular formula is C15H18N2O. The van der Waals surface area contributed by atoms with Gasteiger partial charge in [0, 0.05) is 28.7 Å². The molecule has 3 rings (SSSR count). The molecule has 1 saturated carbocycles. The Morgan fingerprint density at radius 2 is 2.22 bits per heavy atom. The van der Waals surface area contributed by atoms with Crippen LogP contribution in [0.4, 0.5) is 0 Å². The number of hydrogen-bond acceptors (Lipinski definition) is 1. The van der Waals surface area contributed by atoms with E-state index < -0.39 is 0 Å². The number of H-pyrrole nitrogens is 1. The Bertz CT molecular complexity index is 573. The maximum atomic E-state index is 12.3. The van der Waals surface area contributed by atoms with Crippen LogP contribution in [0.2, 0.25) is 0 Å². The second kappa shape index (κ2) is 4.48. The molecule has 0 bridgehead atoms. The fraction of sp³-hybridized carbons (Fsp3) is 0.400. The molecule has 94 valence electrons. The molecule has 0 radical (unpaired) electrons. The Morgan fingerprint density at radius 1 is 1.33 bits per heavy atom. The molecule has 0 spiro atoms. The lowest BCUT2D eigenvalue weighted by molar-refractivity contribution is 0.0939. The summed E-state index contributed by atoms with van der Waals surface area (Å²) in [5, 5.41) is 4.16. The molecule has 2 aromatic rings. The summed E-state index contributed by atoms with van der Waals surface area (Å²) in [5.74, 6) is 0.789. The predicted octanol–water partition coefficient (Wildman–Crippen LogP) is 3.09. The van der Waals surface area contributed by atoms with Gasteiger partial charge in [0.1, 0.15) is 0 Å². The minimum atomic E-state index is 0.0549. The number of carbonyl (C=O) groups excluding carboxylic acids is 1. The fourth-order valence-corrected chi connectivity index (χ4v) is 2.88. The molecular weight excluding hydrogens is 224 g/mol. The van der Waals surface area contributed by atoms with E-state index in [2.05, 4.69) is 17.2 Å².